The molecule has 1 aromatic heterocycles. The molecule has 2 amide bonds. The van der Waals surface area contributed by atoms with Gasteiger partial charge in [-0.05, 0) is 67.3 Å². The van der Waals surface area contributed by atoms with E-state index in [-0.39, 0.29) is 23.5 Å². The number of carbonyl (C=O) groups excluding carboxylic acids is 2. The molecule has 2 aromatic carbocycles. The van der Waals surface area contributed by atoms with Crippen LogP contribution < -0.4 is 25.3 Å². The third kappa shape index (κ3) is 6.29. The minimum atomic E-state index is -0.618. The van der Waals surface area contributed by atoms with Gasteiger partial charge in [0.15, 0.2) is 18.1 Å². The quantitative estimate of drug-likeness (QED) is 0.383. The van der Waals surface area contributed by atoms with Crippen molar-refractivity contribution in [1.82, 2.24) is 10.3 Å². The van der Waals surface area contributed by atoms with Crippen molar-refractivity contribution >= 4 is 23.4 Å². The van der Waals surface area contributed by atoms with E-state index in [0.29, 0.717) is 46.5 Å². The van der Waals surface area contributed by atoms with Crippen LogP contribution in [0, 0.1) is 11.7 Å². The number of pyridine rings is 1. The summed E-state index contributed by atoms with van der Waals surface area (Å²) >= 11 is 6.00. The lowest BCUT2D eigenvalue weighted by Gasteiger charge is -2.19. The van der Waals surface area contributed by atoms with E-state index in [1.165, 1.54) is 19.2 Å². The Morgan fingerprint density at radius 2 is 1.81 bits per heavy atom. The fourth-order valence-corrected chi connectivity index (χ4v) is 4.26. The summed E-state index contributed by atoms with van der Waals surface area (Å²) in [6.45, 7) is 0.0701. The minimum Gasteiger partial charge on any atom is -0.494 e. The number of methoxy groups -OCH3 is 2. The summed E-state index contributed by atoms with van der Waals surface area (Å²) in [6.07, 6.45) is 2.07. The lowest BCUT2D eigenvalue weighted by molar-refractivity contribution is -0.119. The average Bonchev–Trinajstić information content (AvgIpc) is 3.74. The molecule has 10 heteroatoms. The van der Waals surface area contributed by atoms with E-state index in [4.69, 9.17) is 36.5 Å². The number of primary amides is 1. The van der Waals surface area contributed by atoms with Gasteiger partial charge in [-0.1, -0.05) is 11.6 Å². The van der Waals surface area contributed by atoms with Crippen molar-refractivity contribution in [2.45, 2.75) is 18.8 Å². The van der Waals surface area contributed by atoms with E-state index in [1.807, 2.05) is 12.1 Å². The number of carbonyl (C=O) groups is 2. The van der Waals surface area contributed by atoms with Crippen molar-refractivity contribution in [2.75, 3.05) is 27.4 Å². The highest BCUT2D eigenvalue weighted by molar-refractivity contribution is 6.31. The maximum atomic E-state index is 13.7. The summed E-state index contributed by atoms with van der Waals surface area (Å²) in [7, 11) is 2.99. The van der Waals surface area contributed by atoms with Gasteiger partial charge in [-0.3, -0.25) is 9.59 Å². The van der Waals surface area contributed by atoms with Gasteiger partial charge in [0.1, 0.15) is 17.3 Å². The number of hydrogen-bond acceptors (Lipinski definition) is 6. The lowest BCUT2D eigenvalue weighted by Crippen LogP contribution is -2.29. The summed E-state index contributed by atoms with van der Waals surface area (Å²) in [4.78, 5) is 28.8. The number of nitrogens with one attached hydrogen (secondary N) is 1. The molecule has 1 fully saturated rings. The van der Waals surface area contributed by atoms with Crippen molar-refractivity contribution in [3.63, 3.8) is 0 Å². The van der Waals surface area contributed by atoms with Crippen LogP contribution in [-0.4, -0.2) is 44.2 Å². The first kappa shape index (κ1) is 26.2. The van der Waals surface area contributed by atoms with Crippen molar-refractivity contribution < 1.29 is 28.2 Å². The van der Waals surface area contributed by atoms with Crippen LogP contribution in [-0.2, 0) is 4.79 Å². The Kier molecular flexibility index (Phi) is 8.13. The molecule has 1 aliphatic rings. The van der Waals surface area contributed by atoms with Crippen LogP contribution in [0.2, 0.25) is 5.02 Å². The number of aromatic nitrogens is 1. The largest absolute Gasteiger partial charge is 0.494 e. The topological polar surface area (TPSA) is 113 Å². The van der Waals surface area contributed by atoms with E-state index >= 15 is 0 Å². The zero-order valence-corrected chi connectivity index (χ0v) is 21.2. The summed E-state index contributed by atoms with van der Waals surface area (Å²) in [5, 5.41) is 2.99. The average molecular weight is 528 g/mol. The number of nitrogens with two attached hydrogens (primary N) is 1. The molecule has 0 saturated heterocycles. The molecule has 0 bridgehead atoms. The highest BCUT2D eigenvalue weighted by Crippen LogP contribution is 2.43. The van der Waals surface area contributed by atoms with Gasteiger partial charge in [0.2, 0.25) is 0 Å². The zero-order valence-electron chi connectivity index (χ0n) is 20.4. The maximum absolute atomic E-state index is 13.7. The first-order chi connectivity index (χ1) is 17.8. The fourth-order valence-electron chi connectivity index (χ4n) is 4.08. The second-order valence-corrected chi connectivity index (χ2v) is 9.10. The van der Waals surface area contributed by atoms with Gasteiger partial charge in [-0.2, -0.15) is 0 Å². The summed E-state index contributed by atoms with van der Waals surface area (Å²) < 4.78 is 29.8. The molecule has 0 aliphatic heterocycles. The standard InChI is InChI=1S/C27H27ClFN3O5/c1-35-23-10-8-21(32-26(23)16-5-7-20(29)19(28)11-16)18(15-3-4-15)13-31-27(34)17-6-9-22(24(12-17)36-2)37-14-25(30)33/h5-12,15,18H,3-4,13-14H2,1-2H3,(H2,30,33)(H,31,34). The van der Waals surface area contributed by atoms with Crippen LogP contribution in [0.3, 0.4) is 0 Å². The molecule has 3 N–H and O–H groups in total. The SMILES string of the molecule is COc1cc(C(=O)NCC(c2ccc(OC)c(-c3ccc(F)c(Cl)c3)n2)C2CC2)ccc1OCC(N)=O. The summed E-state index contributed by atoms with van der Waals surface area (Å²) in [5.41, 5.74) is 7.48. The minimum absolute atomic E-state index is 0.000707. The molecule has 0 radical (unpaired) electrons. The molecule has 3 aromatic rings. The number of halogens is 2. The summed E-state index contributed by atoms with van der Waals surface area (Å²) in [6, 6.07) is 12.8. The zero-order chi connectivity index (χ0) is 26.5. The van der Waals surface area contributed by atoms with Crippen LogP contribution in [0.15, 0.2) is 48.5 Å². The van der Waals surface area contributed by atoms with E-state index in [9.17, 15) is 14.0 Å². The second-order valence-electron chi connectivity index (χ2n) is 8.69. The first-order valence-corrected chi connectivity index (χ1v) is 12.1. The molecular formula is C27H27ClFN3O5. The van der Waals surface area contributed by atoms with Crippen LogP contribution in [0.4, 0.5) is 4.39 Å². The summed E-state index contributed by atoms with van der Waals surface area (Å²) in [5.74, 6) is 0.0994. The van der Waals surface area contributed by atoms with Crippen molar-refractivity contribution in [2.24, 2.45) is 11.7 Å². The number of nitrogens with zero attached hydrogens (tertiary/aromatic N) is 1. The monoisotopic (exact) mass is 527 g/mol. The van der Waals surface area contributed by atoms with Crippen LogP contribution in [0.1, 0.15) is 34.8 Å². The first-order valence-electron chi connectivity index (χ1n) is 11.7. The number of hydrogen-bond donors (Lipinski definition) is 2. The van der Waals surface area contributed by atoms with Crippen LogP contribution >= 0.6 is 11.6 Å². The molecule has 1 atom stereocenters. The van der Waals surface area contributed by atoms with Crippen molar-refractivity contribution in [1.29, 1.82) is 0 Å². The highest BCUT2D eigenvalue weighted by Gasteiger charge is 2.34. The second kappa shape index (κ2) is 11.5. The predicted octanol–water partition coefficient (Wildman–Crippen LogP) is 4.35. The Bertz CT molecular complexity index is 1320. The molecule has 1 saturated carbocycles. The van der Waals surface area contributed by atoms with E-state index in [1.54, 1.807) is 31.4 Å². The number of benzene rings is 2. The van der Waals surface area contributed by atoms with Gasteiger partial charge >= 0.3 is 0 Å². The molecule has 194 valence electrons. The van der Waals surface area contributed by atoms with Gasteiger partial charge in [0.25, 0.3) is 11.8 Å². The van der Waals surface area contributed by atoms with E-state index in [0.717, 1.165) is 18.5 Å². The van der Waals surface area contributed by atoms with Gasteiger partial charge in [-0.15, -0.1) is 0 Å². The Labute approximate surface area is 218 Å². The molecule has 37 heavy (non-hydrogen) atoms. The maximum Gasteiger partial charge on any atom is 0.255 e. The third-order valence-electron chi connectivity index (χ3n) is 6.14. The molecule has 8 nitrogen and oxygen atoms in total. The van der Waals surface area contributed by atoms with Crippen molar-refractivity contribution in [3.8, 4) is 28.5 Å². The van der Waals surface area contributed by atoms with Gasteiger partial charge < -0.3 is 25.3 Å². The third-order valence-corrected chi connectivity index (χ3v) is 6.43. The van der Waals surface area contributed by atoms with Crippen LogP contribution in [0.25, 0.3) is 11.3 Å². The predicted molar refractivity (Wildman–Crippen MR) is 137 cm³/mol. The van der Waals surface area contributed by atoms with Crippen molar-refractivity contribution in [3.05, 3.63) is 70.6 Å². The Balaban J connectivity index is 1.53. The molecule has 1 aliphatic carbocycles. The molecular weight excluding hydrogens is 501 g/mol. The van der Waals surface area contributed by atoms with E-state index < -0.39 is 11.7 Å². The normalized spacial score (nSPS) is 13.5. The smallest absolute Gasteiger partial charge is 0.255 e. The van der Waals surface area contributed by atoms with Gasteiger partial charge in [0.05, 0.1) is 19.2 Å². The lowest BCUT2D eigenvalue weighted by atomic mass is 9.97. The molecule has 1 unspecified atom stereocenters. The van der Waals surface area contributed by atoms with Crippen LogP contribution in [0.5, 0.6) is 17.2 Å². The number of ether oxygens (including phenoxy) is 3. The molecule has 1 heterocycles. The fraction of sp³-hybridized carbons (Fsp3) is 0.296. The Morgan fingerprint density at radius 1 is 1.08 bits per heavy atom. The number of amides is 2. The Morgan fingerprint density at radius 3 is 2.46 bits per heavy atom. The van der Waals surface area contributed by atoms with E-state index in [2.05, 4.69) is 5.32 Å². The Hall–Kier alpha value is -3.85. The number of rotatable bonds is 11. The molecule has 4 rings (SSSR count). The highest BCUT2D eigenvalue weighted by atomic mass is 35.5. The van der Waals surface area contributed by atoms with Gasteiger partial charge in [-0.25, -0.2) is 9.37 Å². The van der Waals surface area contributed by atoms with Gasteiger partial charge in [0, 0.05) is 29.3 Å². The molecule has 0 spiro atoms.